The molecule has 102 valence electrons. The summed E-state index contributed by atoms with van der Waals surface area (Å²) in [7, 11) is 0. The first-order valence-electron chi connectivity index (χ1n) is 5.96. The van der Waals surface area contributed by atoms with Gasteiger partial charge < -0.3 is 10.4 Å². The van der Waals surface area contributed by atoms with Gasteiger partial charge in [0.25, 0.3) is 0 Å². The molecule has 0 aliphatic heterocycles. The maximum atomic E-state index is 13.0. The van der Waals surface area contributed by atoms with Gasteiger partial charge in [-0.25, -0.2) is 8.78 Å². The summed E-state index contributed by atoms with van der Waals surface area (Å²) in [5.74, 6) is -4.16. The van der Waals surface area contributed by atoms with Crippen LogP contribution in [0.3, 0.4) is 0 Å². The van der Waals surface area contributed by atoms with Crippen LogP contribution in [0.15, 0.2) is 18.2 Å². The zero-order valence-electron chi connectivity index (χ0n) is 10.0. The van der Waals surface area contributed by atoms with Gasteiger partial charge in [0.05, 0.1) is 5.92 Å². The minimum absolute atomic E-state index is 0.169. The number of carboxylic acids is 1. The average molecular weight is 269 g/mol. The van der Waals surface area contributed by atoms with Gasteiger partial charge in [-0.05, 0) is 31.4 Å². The number of halogens is 2. The van der Waals surface area contributed by atoms with Crippen LogP contribution in [0.25, 0.3) is 0 Å². The van der Waals surface area contributed by atoms with E-state index in [-0.39, 0.29) is 18.0 Å². The highest BCUT2D eigenvalue weighted by molar-refractivity contribution is 5.93. The van der Waals surface area contributed by atoms with Gasteiger partial charge in [-0.2, -0.15) is 0 Å². The van der Waals surface area contributed by atoms with Crippen LogP contribution in [0.2, 0.25) is 0 Å². The SMILES string of the molecule is O=C(O)[C@@H]1CC[C@H](C(=O)Nc2ccc(F)c(F)c2)C1. The summed E-state index contributed by atoms with van der Waals surface area (Å²) in [4.78, 5) is 22.6. The van der Waals surface area contributed by atoms with E-state index in [1.165, 1.54) is 6.07 Å². The molecule has 2 N–H and O–H groups in total. The molecular weight excluding hydrogens is 256 g/mol. The summed E-state index contributed by atoms with van der Waals surface area (Å²) >= 11 is 0. The van der Waals surface area contributed by atoms with E-state index in [0.717, 1.165) is 12.1 Å². The summed E-state index contributed by atoms with van der Waals surface area (Å²) in [5, 5.41) is 11.3. The van der Waals surface area contributed by atoms with Crippen LogP contribution >= 0.6 is 0 Å². The fourth-order valence-corrected chi connectivity index (χ4v) is 2.26. The number of hydrogen-bond donors (Lipinski definition) is 2. The van der Waals surface area contributed by atoms with E-state index in [1.54, 1.807) is 0 Å². The Kier molecular flexibility index (Phi) is 3.78. The molecule has 19 heavy (non-hydrogen) atoms. The molecule has 1 aromatic rings. The third kappa shape index (κ3) is 3.07. The summed E-state index contributed by atoms with van der Waals surface area (Å²) in [6.45, 7) is 0. The molecule has 0 bridgehead atoms. The predicted octanol–water partition coefficient (Wildman–Crippen LogP) is 2.40. The number of hydrogen-bond acceptors (Lipinski definition) is 2. The Morgan fingerprint density at radius 2 is 1.84 bits per heavy atom. The fourth-order valence-electron chi connectivity index (χ4n) is 2.26. The Morgan fingerprint density at radius 1 is 1.16 bits per heavy atom. The Bertz CT molecular complexity index is 519. The molecule has 0 spiro atoms. The molecule has 1 aliphatic rings. The number of aliphatic carboxylic acids is 1. The van der Waals surface area contributed by atoms with Crippen LogP contribution in [0.4, 0.5) is 14.5 Å². The maximum absolute atomic E-state index is 13.0. The van der Waals surface area contributed by atoms with Crippen LogP contribution in [0.1, 0.15) is 19.3 Å². The topological polar surface area (TPSA) is 66.4 Å². The monoisotopic (exact) mass is 269 g/mol. The molecule has 1 amide bonds. The smallest absolute Gasteiger partial charge is 0.306 e. The first kappa shape index (κ1) is 13.5. The molecule has 0 radical (unpaired) electrons. The highest BCUT2D eigenvalue weighted by Gasteiger charge is 2.33. The second-order valence-electron chi connectivity index (χ2n) is 4.66. The minimum atomic E-state index is -1.03. The number of rotatable bonds is 3. The number of benzene rings is 1. The molecule has 4 nitrogen and oxygen atoms in total. The van der Waals surface area contributed by atoms with Crippen molar-refractivity contribution in [2.75, 3.05) is 5.32 Å². The van der Waals surface area contributed by atoms with Crippen LogP contribution in [-0.2, 0) is 9.59 Å². The Hall–Kier alpha value is -1.98. The van der Waals surface area contributed by atoms with E-state index in [9.17, 15) is 18.4 Å². The molecule has 0 saturated heterocycles. The zero-order chi connectivity index (χ0) is 14.0. The Morgan fingerprint density at radius 3 is 2.42 bits per heavy atom. The van der Waals surface area contributed by atoms with E-state index in [2.05, 4.69) is 5.32 Å². The first-order chi connectivity index (χ1) is 8.97. The number of carbonyl (C=O) groups is 2. The van der Waals surface area contributed by atoms with E-state index in [4.69, 9.17) is 5.11 Å². The largest absolute Gasteiger partial charge is 0.481 e. The molecule has 6 heteroatoms. The lowest BCUT2D eigenvalue weighted by molar-refractivity contribution is -0.141. The third-order valence-corrected chi connectivity index (χ3v) is 3.34. The molecule has 0 aromatic heterocycles. The van der Waals surface area contributed by atoms with Crippen molar-refractivity contribution in [3.05, 3.63) is 29.8 Å². The first-order valence-corrected chi connectivity index (χ1v) is 5.96. The van der Waals surface area contributed by atoms with Gasteiger partial charge in [0, 0.05) is 17.7 Å². The fraction of sp³-hybridized carbons (Fsp3) is 0.385. The van der Waals surface area contributed by atoms with Crippen molar-refractivity contribution in [3.63, 3.8) is 0 Å². The van der Waals surface area contributed by atoms with Gasteiger partial charge in [0.2, 0.25) is 5.91 Å². The molecule has 2 atom stereocenters. The van der Waals surface area contributed by atoms with Gasteiger partial charge in [0.15, 0.2) is 11.6 Å². The molecule has 1 aliphatic carbocycles. The molecule has 1 saturated carbocycles. The lowest BCUT2D eigenvalue weighted by Crippen LogP contribution is -2.21. The van der Waals surface area contributed by atoms with Crippen LogP contribution < -0.4 is 5.32 Å². The third-order valence-electron chi connectivity index (χ3n) is 3.34. The molecule has 0 unspecified atom stereocenters. The summed E-state index contributed by atoms with van der Waals surface area (Å²) in [6, 6.07) is 3.09. The molecule has 2 rings (SSSR count). The van der Waals surface area contributed by atoms with Crippen molar-refractivity contribution in [1.29, 1.82) is 0 Å². The number of anilines is 1. The Labute approximate surface area is 108 Å². The lowest BCUT2D eigenvalue weighted by atomic mass is 10.0. The molecular formula is C13H13F2NO3. The van der Waals surface area contributed by atoms with Crippen molar-refractivity contribution in [2.24, 2.45) is 11.8 Å². The second-order valence-corrected chi connectivity index (χ2v) is 4.66. The summed E-state index contributed by atoms with van der Waals surface area (Å²) < 4.78 is 25.7. The summed E-state index contributed by atoms with van der Waals surface area (Å²) in [6.07, 6.45) is 1.24. The van der Waals surface area contributed by atoms with Crippen molar-refractivity contribution in [2.45, 2.75) is 19.3 Å². The number of carboxylic acid groups (broad SMARTS) is 1. The van der Waals surface area contributed by atoms with Crippen LogP contribution in [-0.4, -0.2) is 17.0 Å². The number of amides is 1. The second kappa shape index (κ2) is 5.34. The van der Waals surface area contributed by atoms with Gasteiger partial charge >= 0.3 is 5.97 Å². The van der Waals surface area contributed by atoms with Crippen molar-refractivity contribution in [1.82, 2.24) is 0 Å². The molecule has 0 heterocycles. The van der Waals surface area contributed by atoms with Crippen LogP contribution in [0, 0.1) is 23.5 Å². The van der Waals surface area contributed by atoms with Crippen molar-refractivity contribution in [3.8, 4) is 0 Å². The minimum Gasteiger partial charge on any atom is -0.481 e. The normalized spacial score (nSPS) is 22.2. The maximum Gasteiger partial charge on any atom is 0.306 e. The van der Waals surface area contributed by atoms with Gasteiger partial charge in [-0.15, -0.1) is 0 Å². The number of nitrogens with one attached hydrogen (secondary N) is 1. The van der Waals surface area contributed by atoms with Crippen LogP contribution in [0.5, 0.6) is 0 Å². The quantitative estimate of drug-likeness (QED) is 0.885. The summed E-state index contributed by atoms with van der Waals surface area (Å²) in [5.41, 5.74) is 0.169. The van der Waals surface area contributed by atoms with E-state index in [1.807, 2.05) is 0 Å². The predicted molar refractivity (Wildman–Crippen MR) is 63.5 cm³/mol. The van der Waals surface area contributed by atoms with E-state index in [0.29, 0.717) is 12.8 Å². The van der Waals surface area contributed by atoms with E-state index >= 15 is 0 Å². The zero-order valence-corrected chi connectivity index (χ0v) is 10.0. The Balaban J connectivity index is 1.98. The molecule has 1 fully saturated rings. The highest BCUT2D eigenvalue weighted by Crippen LogP contribution is 2.32. The highest BCUT2D eigenvalue weighted by atomic mass is 19.2. The van der Waals surface area contributed by atoms with E-state index < -0.39 is 29.4 Å². The van der Waals surface area contributed by atoms with Crippen molar-refractivity contribution >= 4 is 17.6 Å². The average Bonchev–Trinajstić information content (AvgIpc) is 2.83. The van der Waals surface area contributed by atoms with Gasteiger partial charge in [-0.1, -0.05) is 0 Å². The lowest BCUT2D eigenvalue weighted by Gasteiger charge is -2.11. The standard InChI is InChI=1S/C13H13F2NO3/c14-10-4-3-9(6-11(10)15)16-12(17)7-1-2-8(5-7)13(18)19/h3-4,6-8H,1-2,5H2,(H,16,17)(H,18,19)/t7-,8+/m0/s1. The van der Waals surface area contributed by atoms with Gasteiger partial charge in [0.1, 0.15) is 0 Å². The van der Waals surface area contributed by atoms with Gasteiger partial charge in [-0.3, -0.25) is 9.59 Å². The number of carbonyl (C=O) groups excluding carboxylic acids is 1. The van der Waals surface area contributed by atoms with Crippen molar-refractivity contribution < 1.29 is 23.5 Å². The molecule has 1 aromatic carbocycles.